The molecule has 1 amide bonds. The zero-order valence-corrected chi connectivity index (χ0v) is 10.4. The number of carboxylic acid groups (broad SMARTS) is 1. The lowest BCUT2D eigenvalue weighted by atomic mass is 10.1. The van der Waals surface area contributed by atoms with Crippen molar-refractivity contribution in [2.24, 2.45) is 5.92 Å². The zero-order valence-electron chi connectivity index (χ0n) is 10.4. The molecule has 19 heavy (non-hydrogen) atoms. The molecule has 0 saturated heterocycles. The number of nitrogens with one attached hydrogen (secondary N) is 1. The van der Waals surface area contributed by atoms with Crippen molar-refractivity contribution < 1.29 is 14.7 Å². The van der Waals surface area contributed by atoms with E-state index >= 15 is 0 Å². The summed E-state index contributed by atoms with van der Waals surface area (Å²) in [6, 6.07) is 4.03. The average molecular weight is 259 g/mol. The Morgan fingerprint density at radius 2 is 2.21 bits per heavy atom. The summed E-state index contributed by atoms with van der Waals surface area (Å²) in [6.07, 6.45) is 1.63. The molecule has 1 aliphatic carbocycles. The Kier molecular flexibility index (Phi) is 3.47. The van der Waals surface area contributed by atoms with Gasteiger partial charge in [-0.25, -0.2) is 9.78 Å². The highest BCUT2D eigenvalue weighted by atomic mass is 16.4. The van der Waals surface area contributed by atoms with Crippen LogP contribution in [0.1, 0.15) is 34.6 Å². The van der Waals surface area contributed by atoms with E-state index in [1.807, 2.05) is 6.07 Å². The van der Waals surface area contributed by atoms with Crippen LogP contribution in [0.5, 0.6) is 0 Å². The van der Waals surface area contributed by atoms with E-state index < -0.39 is 17.9 Å². The number of aliphatic carboxylic acids is 1. The molecule has 1 aliphatic rings. The number of pyridine rings is 1. The molecule has 0 spiro atoms. The SMILES string of the molecule is Cc1nc(C(=O)NC(C(=O)O)C2CC2)ccc1C#N. The Bertz CT molecular complexity index is 573. The lowest BCUT2D eigenvalue weighted by molar-refractivity contribution is -0.139. The molecule has 2 rings (SSSR count). The topological polar surface area (TPSA) is 103 Å². The number of rotatable bonds is 4. The standard InChI is InChI=1S/C13H13N3O3/c1-7-9(6-14)4-5-10(15-7)12(17)16-11(13(18)19)8-2-3-8/h4-5,8,11H,2-3H2,1H3,(H,16,17)(H,18,19). The van der Waals surface area contributed by atoms with Crippen molar-refractivity contribution in [3.63, 3.8) is 0 Å². The normalized spacial score (nSPS) is 15.4. The third-order valence-corrected chi connectivity index (χ3v) is 3.08. The molecule has 1 saturated carbocycles. The van der Waals surface area contributed by atoms with Crippen LogP contribution in [-0.4, -0.2) is 28.0 Å². The van der Waals surface area contributed by atoms with Crippen molar-refractivity contribution in [1.82, 2.24) is 10.3 Å². The number of nitriles is 1. The van der Waals surface area contributed by atoms with E-state index in [2.05, 4.69) is 10.3 Å². The Labute approximate surface area is 110 Å². The summed E-state index contributed by atoms with van der Waals surface area (Å²) in [6.45, 7) is 1.63. The van der Waals surface area contributed by atoms with Crippen molar-refractivity contribution in [2.45, 2.75) is 25.8 Å². The minimum absolute atomic E-state index is 0.0147. The third kappa shape index (κ3) is 2.88. The van der Waals surface area contributed by atoms with Crippen LogP contribution in [0.15, 0.2) is 12.1 Å². The Hall–Kier alpha value is -2.42. The Morgan fingerprint density at radius 3 is 2.68 bits per heavy atom. The highest BCUT2D eigenvalue weighted by molar-refractivity contribution is 5.95. The van der Waals surface area contributed by atoms with Gasteiger partial charge >= 0.3 is 5.97 Å². The predicted molar refractivity (Wildman–Crippen MR) is 65.3 cm³/mol. The van der Waals surface area contributed by atoms with Gasteiger partial charge in [0.2, 0.25) is 0 Å². The largest absolute Gasteiger partial charge is 0.480 e. The van der Waals surface area contributed by atoms with Crippen LogP contribution < -0.4 is 5.32 Å². The molecule has 1 heterocycles. The number of amides is 1. The molecule has 1 aromatic rings. The fourth-order valence-corrected chi connectivity index (χ4v) is 1.83. The summed E-state index contributed by atoms with van der Waals surface area (Å²) < 4.78 is 0. The van der Waals surface area contributed by atoms with Gasteiger partial charge in [0.25, 0.3) is 5.91 Å². The fourth-order valence-electron chi connectivity index (χ4n) is 1.83. The van der Waals surface area contributed by atoms with Crippen LogP contribution in [0.2, 0.25) is 0 Å². The van der Waals surface area contributed by atoms with Crippen LogP contribution in [0.4, 0.5) is 0 Å². The number of carbonyl (C=O) groups excluding carboxylic acids is 1. The molecule has 1 unspecified atom stereocenters. The van der Waals surface area contributed by atoms with Crippen molar-refractivity contribution in [2.75, 3.05) is 0 Å². The molecule has 2 N–H and O–H groups in total. The van der Waals surface area contributed by atoms with Crippen molar-refractivity contribution >= 4 is 11.9 Å². The van der Waals surface area contributed by atoms with Crippen LogP contribution in [0, 0.1) is 24.2 Å². The van der Waals surface area contributed by atoms with E-state index in [1.165, 1.54) is 12.1 Å². The quantitative estimate of drug-likeness (QED) is 0.834. The van der Waals surface area contributed by atoms with Gasteiger partial charge in [-0.1, -0.05) is 0 Å². The maximum absolute atomic E-state index is 11.9. The highest BCUT2D eigenvalue weighted by Gasteiger charge is 2.37. The Morgan fingerprint density at radius 1 is 1.53 bits per heavy atom. The molecule has 0 bridgehead atoms. The lowest BCUT2D eigenvalue weighted by Crippen LogP contribution is -2.42. The van der Waals surface area contributed by atoms with E-state index in [0.29, 0.717) is 11.3 Å². The minimum Gasteiger partial charge on any atom is -0.480 e. The van der Waals surface area contributed by atoms with Gasteiger partial charge in [-0.3, -0.25) is 4.79 Å². The van der Waals surface area contributed by atoms with E-state index in [1.54, 1.807) is 6.92 Å². The zero-order chi connectivity index (χ0) is 14.0. The second kappa shape index (κ2) is 5.06. The van der Waals surface area contributed by atoms with Gasteiger partial charge in [-0.05, 0) is 37.8 Å². The smallest absolute Gasteiger partial charge is 0.326 e. The number of aromatic nitrogens is 1. The molecule has 0 aliphatic heterocycles. The second-order valence-corrected chi connectivity index (χ2v) is 4.57. The van der Waals surface area contributed by atoms with Crippen LogP contribution in [0.3, 0.4) is 0 Å². The molecular weight excluding hydrogens is 246 g/mol. The minimum atomic E-state index is -1.03. The third-order valence-electron chi connectivity index (χ3n) is 3.08. The first-order valence-electron chi connectivity index (χ1n) is 5.94. The average Bonchev–Trinajstić information content (AvgIpc) is 3.19. The molecule has 1 atom stereocenters. The van der Waals surface area contributed by atoms with Crippen LogP contribution in [0.25, 0.3) is 0 Å². The molecule has 6 heteroatoms. The number of nitrogens with zero attached hydrogens (tertiary/aromatic N) is 2. The number of aryl methyl sites for hydroxylation is 1. The summed E-state index contributed by atoms with van der Waals surface area (Å²) in [4.78, 5) is 27.0. The van der Waals surface area contributed by atoms with Crippen molar-refractivity contribution in [1.29, 1.82) is 5.26 Å². The second-order valence-electron chi connectivity index (χ2n) is 4.57. The van der Waals surface area contributed by atoms with Gasteiger partial charge in [0.1, 0.15) is 17.8 Å². The molecule has 98 valence electrons. The summed E-state index contributed by atoms with van der Waals surface area (Å²) in [5.41, 5.74) is 0.977. The number of hydrogen-bond donors (Lipinski definition) is 2. The summed E-state index contributed by atoms with van der Waals surface area (Å²) in [5.74, 6) is -1.53. The molecule has 0 radical (unpaired) electrons. The molecule has 1 aromatic heterocycles. The first-order chi connectivity index (χ1) is 9.02. The molecule has 6 nitrogen and oxygen atoms in total. The van der Waals surface area contributed by atoms with Crippen molar-refractivity contribution in [3.8, 4) is 6.07 Å². The summed E-state index contributed by atoms with van der Waals surface area (Å²) >= 11 is 0. The first kappa shape index (κ1) is 13.0. The summed E-state index contributed by atoms with van der Waals surface area (Å²) in [7, 11) is 0. The van der Waals surface area contributed by atoms with Gasteiger partial charge in [0.05, 0.1) is 11.3 Å². The van der Waals surface area contributed by atoms with E-state index in [0.717, 1.165) is 12.8 Å². The lowest BCUT2D eigenvalue weighted by Gasteiger charge is -2.13. The maximum atomic E-state index is 11.9. The Balaban J connectivity index is 2.13. The van der Waals surface area contributed by atoms with Gasteiger partial charge < -0.3 is 10.4 Å². The summed E-state index contributed by atoms with van der Waals surface area (Å²) in [5, 5.41) is 20.3. The van der Waals surface area contributed by atoms with Gasteiger partial charge in [-0.2, -0.15) is 5.26 Å². The maximum Gasteiger partial charge on any atom is 0.326 e. The molecule has 1 fully saturated rings. The van der Waals surface area contributed by atoms with Crippen LogP contribution >= 0.6 is 0 Å². The highest BCUT2D eigenvalue weighted by Crippen LogP contribution is 2.32. The molecule has 0 aromatic carbocycles. The van der Waals surface area contributed by atoms with E-state index in [4.69, 9.17) is 10.4 Å². The van der Waals surface area contributed by atoms with Gasteiger partial charge in [0.15, 0.2) is 0 Å². The predicted octanol–water partition coefficient (Wildman–Crippen LogP) is 0.855. The van der Waals surface area contributed by atoms with Crippen LogP contribution in [-0.2, 0) is 4.79 Å². The molecular formula is C13H13N3O3. The van der Waals surface area contributed by atoms with E-state index in [9.17, 15) is 9.59 Å². The fraction of sp³-hybridized carbons (Fsp3) is 0.385. The van der Waals surface area contributed by atoms with Gasteiger partial charge in [-0.15, -0.1) is 0 Å². The number of carboxylic acids is 1. The number of carbonyl (C=O) groups is 2. The number of hydrogen-bond acceptors (Lipinski definition) is 4. The van der Waals surface area contributed by atoms with Crippen molar-refractivity contribution in [3.05, 3.63) is 29.1 Å². The monoisotopic (exact) mass is 259 g/mol. The van der Waals surface area contributed by atoms with E-state index in [-0.39, 0.29) is 11.6 Å². The van der Waals surface area contributed by atoms with Gasteiger partial charge in [0, 0.05) is 0 Å². The first-order valence-corrected chi connectivity index (χ1v) is 5.94.